The van der Waals surface area contributed by atoms with E-state index in [1.165, 1.54) is 25.7 Å². The third-order valence-corrected chi connectivity index (χ3v) is 3.95. The van der Waals surface area contributed by atoms with Crippen molar-refractivity contribution in [1.29, 1.82) is 0 Å². The second kappa shape index (κ2) is 7.60. The Hall–Kier alpha value is -1.13. The van der Waals surface area contributed by atoms with Crippen molar-refractivity contribution < 1.29 is 9.47 Å². The molecule has 3 nitrogen and oxygen atoms in total. The lowest BCUT2D eigenvalue weighted by Gasteiger charge is -2.26. The summed E-state index contributed by atoms with van der Waals surface area (Å²) in [5, 5.41) is 0. The molecule has 0 aliphatic heterocycles. The fourth-order valence-electron chi connectivity index (χ4n) is 2.64. The van der Waals surface area contributed by atoms with E-state index in [1.54, 1.807) is 0 Å². The third-order valence-electron chi connectivity index (χ3n) is 3.71. The highest BCUT2D eigenvalue weighted by Gasteiger charge is 2.18. The zero-order chi connectivity index (χ0) is 14.4. The predicted octanol–water partition coefficient (Wildman–Crippen LogP) is 3.29. The van der Waals surface area contributed by atoms with Gasteiger partial charge in [0.2, 0.25) is 0 Å². The van der Waals surface area contributed by atoms with Gasteiger partial charge in [0, 0.05) is 5.56 Å². The first-order valence-corrected chi connectivity index (χ1v) is 7.70. The van der Waals surface area contributed by atoms with Gasteiger partial charge in [0.25, 0.3) is 0 Å². The summed E-state index contributed by atoms with van der Waals surface area (Å²) in [6.45, 7) is 3.49. The normalized spacial score (nSPS) is 22.4. The molecule has 1 aliphatic rings. The summed E-state index contributed by atoms with van der Waals surface area (Å²) in [7, 11) is 0. The Morgan fingerprint density at radius 3 is 2.95 bits per heavy atom. The number of rotatable bonds is 6. The number of hydrogen-bond donors (Lipinski definition) is 1. The van der Waals surface area contributed by atoms with E-state index in [0.29, 0.717) is 24.3 Å². The summed E-state index contributed by atoms with van der Waals surface area (Å²) in [5.41, 5.74) is 6.43. The second-order valence-electron chi connectivity index (χ2n) is 5.51. The SMILES string of the molecule is CC1CCCC(OCCOc2cccc(C(N)=S)c2)C1. The molecular formula is C16H23NO2S. The smallest absolute Gasteiger partial charge is 0.120 e. The first kappa shape index (κ1) is 15.3. The van der Waals surface area contributed by atoms with Crippen molar-refractivity contribution in [2.24, 2.45) is 11.7 Å². The summed E-state index contributed by atoms with van der Waals surface area (Å²) in [6, 6.07) is 7.55. The van der Waals surface area contributed by atoms with Crippen LogP contribution >= 0.6 is 12.2 Å². The highest BCUT2D eigenvalue weighted by atomic mass is 32.1. The Kier molecular flexibility index (Phi) is 5.80. The van der Waals surface area contributed by atoms with Crippen molar-refractivity contribution >= 4 is 17.2 Å². The molecule has 110 valence electrons. The fraction of sp³-hybridized carbons (Fsp3) is 0.562. The third kappa shape index (κ3) is 4.76. The van der Waals surface area contributed by atoms with Gasteiger partial charge in [-0.15, -0.1) is 0 Å². The standard InChI is InChI=1S/C16H23NO2S/c1-12-4-2-6-14(10-12)18-8-9-19-15-7-3-5-13(11-15)16(17)20/h3,5,7,11-12,14H,2,4,6,8-10H2,1H3,(H2,17,20). The van der Waals surface area contributed by atoms with E-state index in [9.17, 15) is 0 Å². The van der Waals surface area contributed by atoms with Crippen molar-refractivity contribution in [3.8, 4) is 5.75 Å². The van der Waals surface area contributed by atoms with Crippen LogP contribution in [0.1, 0.15) is 38.2 Å². The molecule has 0 radical (unpaired) electrons. The Morgan fingerprint density at radius 2 is 2.20 bits per heavy atom. The topological polar surface area (TPSA) is 44.5 Å². The highest BCUT2D eigenvalue weighted by molar-refractivity contribution is 7.80. The molecule has 1 aliphatic carbocycles. The second-order valence-corrected chi connectivity index (χ2v) is 5.94. The number of hydrogen-bond acceptors (Lipinski definition) is 3. The van der Waals surface area contributed by atoms with E-state index in [-0.39, 0.29) is 0 Å². The highest BCUT2D eigenvalue weighted by Crippen LogP contribution is 2.25. The Balaban J connectivity index is 1.70. The molecule has 2 N–H and O–H groups in total. The van der Waals surface area contributed by atoms with E-state index < -0.39 is 0 Å². The van der Waals surface area contributed by atoms with Gasteiger partial charge in [-0.2, -0.15) is 0 Å². The molecule has 1 aromatic carbocycles. The maximum atomic E-state index is 5.88. The van der Waals surface area contributed by atoms with Crippen LogP contribution in [-0.4, -0.2) is 24.3 Å². The van der Waals surface area contributed by atoms with E-state index in [2.05, 4.69) is 6.92 Å². The molecular weight excluding hydrogens is 270 g/mol. The Labute approximate surface area is 126 Å². The average Bonchev–Trinajstić information content (AvgIpc) is 2.44. The van der Waals surface area contributed by atoms with E-state index in [1.807, 2.05) is 24.3 Å². The van der Waals surface area contributed by atoms with Crippen LogP contribution in [0.5, 0.6) is 5.75 Å². The van der Waals surface area contributed by atoms with E-state index >= 15 is 0 Å². The minimum Gasteiger partial charge on any atom is -0.491 e. The number of benzene rings is 1. The van der Waals surface area contributed by atoms with Gasteiger partial charge in [0.15, 0.2) is 0 Å². The first-order valence-electron chi connectivity index (χ1n) is 7.29. The molecule has 20 heavy (non-hydrogen) atoms. The molecule has 0 saturated heterocycles. The lowest BCUT2D eigenvalue weighted by molar-refractivity contribution is 0.00196. The van der Waals surface area contributed by atoms with Crippen LogP contribution < -0.4 is 10.5 Å². The van der Waals surface area contributed by atoms with Gasteiger partial charge in [-0.1, -0.05) is 44.1 Å². The summed E-state index contributed by atoms with van der Waals surface area (Å²) >= 11 is 4.95. The molecule has 0 aromatic heterocycles. The van der Waals surface area contributed by atoms with Crippen LogP contribution in [0.4, 0.5) is 0 Å². The summed E-state index contributed by atoms with van der Waals surface area (Å²) < 4.78 is 11.6. The summed E-state index contributed by atoms with van der Waals surface area (Å²) in [4.78, 5) is 0.392. The number of thiocarbonyl (C=S) groups is 1. The number of ether oxygens (including phenoxy) is 2. The van der Waals surface area contributed by atoms with Gasteiger partial charge >= 0.3 is 0 Å². The molecule has 1 saturated carbocycles. The van der Waals surface area contributed by atoms with Crippen molar-refractivity contribution in [2.75, 3.05) is 13.2 Å². The molecule has 0 heterocycles. The largest absolute Gasteiger partial charge is 0.491 e. The average molecular weight is 293 g/mol. The lowest BCUT2D eigenvalue weighted by Crippen LogP contribution is -2.23. The van der Waals surface area contributed by atoms with Crippen molar-refractivity contribution in [2.45, 2.75) is 38.7 Å². The zero-order valence-electron chi connectivity index (χ0n) is 12.0. The van der Waals surface area contributed by atoms with Crippen LogP contribution in [0.15, 0.2) is 24.3 Å². The minimum atomic E-state index is 0.392. The molecule has 1 aromatic rings. The van der Waals surface area contributed by atoms with Crippen molar-refractivity contribution in [3.05, 3.63) is 29.8 Å². The zero-order valence-corrected chi connectivity index (χ0v) is 12.8. The van der Waals surface area contributed by atoms with Gasteiger partial charge < -0.3 is 15.2 Å². The quantitative estimate of drug-likeness (QED) is 0.645. The molecule has 0 bridgehead atoms. The molecule has 4 heteroatoms. The van der Waals surface area contributed by atoms with E-state index in [4.69, 9.17) is 27.4 Å². The van der Waals surface area contributed by atoms with Gasteiger partial charge in [0.05, 0.1) is 12.7 Å². The maximum Gasteiger partial charge on any atom is 0.120 e. The van der Waals surface area contributed by atoms with Gasteiger partial charge in [-0.3, -0.25) is 0 Å². The van der Waals surface area contributed by atoms with Crippen molar-refractivity contribution in [3.63, 3.8) is 0 Å². The van der Waals surface area contributed by atoms with Gasteiger partial charge in [-0.05, 0) is 30.9 Å². The van der Waals surface area contributed by atoms with Gasteiger partial charge in [0.1, 0.15) is 17.3 Å². The lowest BCUT2D eigenvalue weighted by atomic mass is 9.89. The monoisotopic (exact) mass is 293 g/mol. The summed E-state index contributed by atoms with van der Waals surface area (Å²) in [5.74, 6) is 1.58. The number of nitrogens with two attached hydrogens (primary N) is 1. The summed E-state index contributed by atoms with van der Waals surface area (Å²) in [6.07, 6.45) is 5.38. The Morgan fingerprint density at radius 1 is 1.35 bits per heavy atom. The van der Waals surface area contributed by atoms with Crippen LogP contribution in [-0.2, 0) is 4.74 Å². The van der Waals surface area contributed by atoms with E-state index in [0.717, 1.165) is 17.2 Å². The van der Waals surface area contributed by atoms with Crippen LogP contribution in [0.2, 0.25) is 0 Å². The maximum absolute atomic E-state index is 5.88. The van der Waals surface area contributed by atoms with Crippen LogP contribution in [0.25, 0.3) is 0 Å². The van der Waals surface area contributed by atoms with Gasteiger partial charge in [-0.25, -0.2) is 0 Å². The van der Waals surface area contributed by atoms with Crippen LogP contribution in [0, 0.1) is 5.92 Å². The molecule has 2 atom stereocenters. The fourth-order valence-corrected chi connectivity index (χ4v) is 2.77. The first-order chi connectivity index (χ1) is 9.65. The minimum absolute atomic E-state index is 0.392. The van der Waals surface area contributed by atoms with Crippen LogP contribution in [0.3, 0.4) is 0 Å². The molecule has 2 rings (SSSR count). The predicted molar refractivity (Wildman–Crippen MR) is 85.2 cm³/mol. The Bertz CT molecular complexity index is 450. The molecule has 0 amide bonds. The molecule has 0 spiro atoms. The molecule has 2 unspecified atom stereocenters. The van der Waals surface area contributed by atoms with Crippen molar-refractivity contribution in [1.82, 2.24) is 0 Å². The molecule has 1 fully saturated rings.